The summed E-state index contributed by atoms with van der Waals surface area (Å²) in [6.45, 7) is 6.08. The molecule has 1 N–H and O–H groups in total. The fraction of sp³-hybridized carbons (Fsp3) is 0.435. The molecule has 0 bridgehead atoms. The number of aromatic nitrogens is 3. The number of aromatic amines is 1. The molecule has 0 saturated carbocycles. The number of Topliss-reactive ketones (excluding diaryl/α,β-unsaturated/α-hetero) is 1. The van der Waals surface area contributed by atoms with Gasteiger partial charge in [0, 0.05) is 35.9 Å². The second-order valence-electron chi connectivity index (χ2n) is 7.36. The van der Waals surface area contributed by atoms with Crippen molar-refractivity contribution in [3.05, 3.63) is 47.5 Å². The lowest BCUT2D eigenvalue weighted by molar-refractivity contribution is -0.118. The minimum Gasteiger partial charge on any atom is -0.342 e. The van der Waals surface area contributed by atoms with Gasteiger partial charge in [-0.3, -0.25) is 9.78 Å². The van der Waals surface area contributed by atoms with Crippen molar-refractivity contribution < 1.29 is 4.79 Å². The average Bonchev–Trinajstić information content (AvgIpc) is 3.12. The zero-order chi connectivity index (χ0) is 19.2. The average molecular weight is 364 g/mol. The van der Waals surface area contributed by atoms with Crippen LogP contribution < -0.4 is 0 Å². The van der Waals surface area contributed by atoms with Crippen LogP contribution in [0.5, 0.6) is 0 Å². The topological polar surface area (TPSA) is 58.6 Å². The Morgan fingerprint density at radius 3 is 2.70 bits per heavy atom. The number of imidazole rings is 1. The maximum atomic E-state index is 11.3. The first-order chi connectivity index (χ1) is 13.1. The molecule has 0 saturated heterocycles. The van der Waals surface area contributed by atoms with Crippen molar-refractivity contribution in [3.63, 3.8) is 0 Å². The summed E-state index contributed by atoms with van der Waals surface area (Å²) in [7, 11) is 0. The summed E-state index contributed by atoms with van der Waals surface area (Å²) in [5.41, 5.74) is 5.54. The summed E-state index contributed by atoms with van der Waals surface area (Å²) < 4.78 is 0. The predicted molar refractivity (Wildman–Crippen MR) is 111 cm³/mol. The fourth-order valence-electron chi connectivity index (χ4n) is 3.44. The first kappa shape index (κ1) is 19.3. The number of fused-ring (bicyclic) bond motifs is 1. The molecule has 4 heteroatoms. The van der Waals surface area contributed by atoms with Crippen LogP contribution in [0.3, 0.4) is 0 Å². The summed E-state index contributed by atoms with van der Waals surface area (Å²) in [6.07, 6.45) is 8.67. The summed E-state index contributed by atoms with van der Waals surface area (Å²) in [5.74, 6) is 1.41. The van der Waals surface area contributed by atoms with Gasteiger partial charge < -0.3 is 4.98 Å². The lowest BCUT2D eigenvalue weighted by Gasteiger charge is -2.07. The molecule has 0 fully saturated rings. The summed E-state index contributed by atoms with van der Waals surface area (Å²) in [5, 5.41) is 1.15. The van der Waals surface area contributed by atoms with Gasteiger partial charge in [0.15, 0.2) is 0 Å². The second-order valence-corrected chi connectivity index (χ2v) is 7.36. The zero-order valence-corrected chi connectivity index (χ0v) is 16.6. The molecule has 0 aliphatic carbocycles. The normalized spacial score (nSPS) is 11.2. The van der Waals surface area contributed by atoms with Gasteiger partial charge in [-0.1, -0.05) is 25.8 Å². The van der Waals surface area contributed by atoms with E-state index in [1.807, 2.05) is 26.1 Å². The number of hydrogen-bond donors (Lipinski definition) is 1. The quantitative estimate of drug-likeness (QED) is 0.495. The van der Waals surface area contributed by atoms with E-state index in [-0.39, 0.29) is 0 Å². The number of rotatable bonds is 9. The van der Waals surface area contributed by atoms with Gasteiger partial charge in [-0.15, -0.1) is 0 Å². The minimum absolute atomic E-state index is 0.377. The van der Waals surface area contributed by atoms with Crippen molar-refractivity contribution in [3.8, 4) is 11.3 Å². The maximum Gasteiger partial charge on any atom is 0.132 e. The lowest BCUT2D eigenvalue weighted by atomic mass is 10.0. The number of hydrogen-bond acceptors (Lipinski definition) is 3. The summed E-state index contributed by atoms with van der Waals surface area (Å²) >= 11 is 0. The monoisotopic (exact) mass is 363 g/mol. The molecule has 142 valence electrons. The Morgan fingerprint density at radius 1 is 1.07 bits per heavy atom. The lowest BCUT2D eigenvalue weighted by Crippen LogP contribution is -1.95. The Labute approximate surface area is 161 Å². The van der Waals surface area contributed by atoms with Crippen LogP contribution in [0.1, 0.15) is 62.5 Å². The number of pyridine rings is 1. The highest BCUT2D eigenvalue weighted by Gasteiger charge is 2.09. The van der Waals surface area contributed by atoms with Crippen molar-refractivity contribution in [1.29, 1.82) is 0 Å². The van der Waals surface area contributed by atoms with E-state index < -0.39 is 0 Å². The highest BCUT2D eigenvalue weighted by molar-refractivity contribution is 5.85. The Morgan fingerprint density at radius 2 is 1.89 bits per heavy atom. The standard InChI is InChI=1S/C23H29N3O/c1-4-19(27)9-7-5-6-8-10-23-24-15-22(26-23)20-14-18-12-11-17(3)25-21(18)13-16(20)2/h11-15H,4-10H2,1-3H3,(H,24,26). The molecule has 3 aromatic rings. The van der Waals surface area contributed by atoms with Crippen molar-refractivity contribution in [1.82, 2.24) is 15.0 Å². The number of ketones is 1. The van der Waals surface area contributed by atoms with Gasteiger partial charge in [0.05, 0.1) is 17.4 Å². The van der Waals surface area contributed by atoms with Gasteiger partial charge in [0.1, 0.15) is 11.6 Å². The highest BCUT2D eigenvalue weighted by Crippen LogP contribution is 2.27. The van der Waals surface area contributed by atoms with Gasteiger partial charge in [0.25, 0.3) is 0 Å². The third kappa shape index (κ3) is 5.03. The van der Waals surface area contributed by atoms with Crippen LogP contribution in [0.4, 0.5) is 0 Å². The smallest absolute Gasteiger partial charge is 0.132 e. The van der Waals surface area contributed by atoms with Crippen LogP contribution >= 0.6 is 0 Å². The van der Waals surface area contributed by atoms with E-state index in [0.717, 1.165) is 66.6 Å². The van der Waals surface area contributed by atoms with Crippen molar-refractivity contribution >= 4 is 16.7 Å². The molecule has 0 aliphatic heterocycles. The molecule has 3 rings (SSSR count). The van der Waals surface area contributed by atoms with E-state index >= 15 is 0 Å². The molecular weight excluding hydrogens is 334 g/mol. The number of nitrogens with one attached hydrogen (secondary N) is 1. The fourth-order valence-corrected chi connectivity index (χ4v) is 3.44. The molecule has 0 atom stereocenters. The first-order valence-corrected chi connectivity index (χ1v) is 10.0. The summed E-state index contributed by atoms with van der Waals surface area (Å²) in [6, 6.07) is 8.52. The van der Waals surface area contributed by atoms with E-state index in [2.05, 4.69) is 40.1 Å². The van der Waals surface area contributed by atoms with E-state index in [9.17, 15) is 4.79 Å². The molecule has 0 radical (unpaired) electrons. The Balaban J connectivity index is 1.59. The summed E-state index contributed by atoms with van der Waals surface area (Å²) in [4.78, 5) is 24.0. The first-order valence-electron chi connectivity index (χ1n) is 10.0. The maximum absolute atomic E-state index is 11.3. The molecular formula is C23H29N3O. The molecule has 0 amide bonds. The number of carbonyl (C=O) groups excluding carboxylic acids is 1. The van der Waals surface area contributed by atoms with Crippen molar-refractivity contribution in [2.75, 3.05) is 0 Å². The van der Waals surface area contributed by atoms with Crippen molar-refractivity contribution in [2.24, 2.45) is 0 Å². The Kier molecular flexibility index (Phi) is 6.38. The number of nitrogens with zero attached hydrogens (tertiary/aromatic N) is 2. The molecule has 0 aliphatic rings. The SMILES string of the molecule is CCC(=O)CCCCCCc1ncc(-c2cc3ccc(C)nc3cc2C)[nH]1. The number of aryl methyl sites for hydroxylation is 3. The number of unbranched alkanes of at least 4 members (excludes halogenated alkanes) is 3. The van der Waals surface area contributed by atoms with Crippen molar-refractivity contribution in [2.45, 2.75) is 65.7 Å². The molecule has 1 aromatic carbocycles. The Hall–Kier alpha value is -2.49. The van der Waals surface area contributed by atoms with Gasteiger partial charge in [-0.25, -0.2) is 4.98 Å². The third-order valence-corrected chi connectivity index (χ3v) is 5.11. The molecule has 2 aromatic heterocycles. The molecule has 0 spiro atoms. The van der Waals surface area contributed by atoms with E-state index in [4.69, 9.17) is 0 Å². The Bertz CT molecular complexity index is 927. The number of carbonyl (C=O) groups is 1. The van der Waals surface area contributed by atoms with Crippen LogP contribution in [0.2, 0.25) is 0 Å². The molecule has 4 nitrogen and oxygen atoms in total. The second kappa shape index (κ2) is 8.94. The third-order valence-electron chi connectivity index (χ3n) is 5.11. The zero-order valence-electron chi connectivity index (χ0n) is 16.6. The van der Waals surface area contributed by atoms with E-state index in [1.54, 1.807) is 0 Å². The van der Waals surface area contributed by atoms with Gasteiger partial charge in [-0.2, -0.15) is 0 Å². The van der Waals surface area contributed by atoms with Gasteiger partial charge in [0.2, 0.25) is 0 Å². The number of H-pyrrole nitrogens is 1. The predicted octanol–water partition coefficient (Wildman–Crippen LogP) is 5.71. The van der Waals surface area contributed by atoms with Gasteiger partial charge >= 0.3 is 0 Å². The van der Waals surface area contributed by atoms with Crippen LogP contribution in [-0.2, 0) is 11.2 Å². The largest absolute Gasteiger partial charge is 0.342 e. The molecule has 2 heterocycles. The van der Waals surface area contributed by atoms with E-state index in [1.165, 1.54) is 11.1 Å². The van der Waals surface area contributed by atoms with E-state index in [0.29, 0.717) is 12.2 Å². The minimum atomic E-state index is 0.377. The highest BCUT2D eigenvalue weighted by atomic mass is 16.1. The van der Waals surface area contributed by atoms with Crippen LogP contribution in [-0.4, -0.2) is 20.7 Å². The van der Waals surface area contributed by atoms with Crippen LogP contribution in [0.15, 0.2) is 30.5 Å². The molecule has 0 unspecified atom stereocenters. The molecule has 27 heavy (non-hydrogen) atoms. The number of benzene rings is 1. The van der Waals surface area contributed by atoms with Crippen LogP contribution in [0, 0.1) is 13.8 Å². The van der Waals surface area contributed by atoms with Gasteiger partial charge in [-0.05, 0) is 50.5 Å². The van der Waals surface area contributed by atoms with Crippen LogP contribution in [0.25, 0.3) is 22.2 Å².